The van der Waals surface area contributed by atoms with Crippen LogP contribution in [0.3, 0.4) is 0 Å². The molecule has 0 unspecified atom stereocenters. The molecule has 0 radical (unpaired) electrons. The summed E-state index contributed by atoms with van der Waals surface area (Å²) >= 11 is 0. The molecular formula is C22H26FN7O2. The number of carbonyl (C=O) groups is 1. The summed E-state index contributed by atoms with van der Waals surface area (Å²) in [5.74, 6) is -0.0102. The van der Waals surface area contributed by atoms with Gasteiger partial charge in [0.25, 0.3) is 0 Å². The van der Waals surface area contributed by atoms with Crippen molar-refractivity contribution in [2.75, 3.05) is 43.7 Å². The first-order chi connectivity index (χ1) is 15.7. The van der Waals surface area contributed by atoms with Crippen LogP contribution in [0.5, 0.6) is 0 Å². The minimum Gasteiger partial charge on any atom is -0.383 e. The molecule has 0 aliphatic carbocycles. The largest absolute Gasteiger partial charge is 0.383 e. The van der Waals surface area contributed by atoms with Crippen LogP contribution in [0.2, 0.25) is 0 Å². The maximum atomic E-state index is 14.1. The molecule has 1 amide bonds. The highest BCUT2D eigenvalue weighted by atomic mass is 19.1. The zero-order valence-corrected chi connectivity index (χ0v) is 17.9. The van der Waals surface area contributed by atoms with E-state index in [9.17, 15) is 9.18 Å². The quantitative estimate of drug-likeness (QED) is 0.302. The number of benzene rings is 1. The van der Waals surface area contributed by atoms with E-state index in [1.165, 1.54) is 0 Å². The zero-order chi connectivity index (χ0) is 22.3. The number of carbonyl (C=O) groups excluding carboxylic acids is 1. The highest BCUT2D eigenvalue weighted by Crippen LogP contribution is 2.22. The fraction of sp³-hybridized carbons (Fsp3) is 0.364. The summed E-state index contributed by atoms with van der Waals surface area (Å²) in [6.07, 6.45) is 6.72. The van der Waals surface area contributed by atoms with Crippen LogP contribution in [-0.4, -0.2) is 60.0 Å². The number of nitrogens with one attached hydrogen (secondary N) is 2. The van der Waals surface area contributed by atoms with Gasteiger partial charge in [0.1, 0.15) is 6.54 Å². The van der Waals surface area contributed by atoms with E-state index in [0.29, 0.717) is 19.0 Å². The molecule has 4 rings (SSSR count). The van der Waals surface area contributed by atoms with Gasteiger partial charge >= 0.3 is 0 Å². The molecule has 1 saturated heterocycles. The summed E-state index contributed by atoms with van der Waals surface area (Å²) in [6, 6.07) is 7.78. The van der Waals surface area contributed by atoms with Gasteiger partial charge in [-0.25, -0.2) is 14.8 Å². The molecule has 1 fully saturated rings. The second-order valence-electron chi connectivity index (χ2n) is 7.50. The second kappa shape index (κ2) is 10.2. The predicted octanol–water partition coefficient (Wildman–Crippen LogP) is 2.38. The van der Waals surface area contributed by atoms with Gasteiger partial charge in [0.2, 0.25) is 11.9 Å². The Bertz CT molecular complexity index is 1110. The zero-order valence-electron chi connectivity index (χ0n) is 17.9. The van der Waals surface area contributed by atoms with Crippen LogP contribution in [0.25, 0.3) is 10.9 Å². The van der Waals surface area contributed by atoms with Gasteiger partial charge in [-0.05, 0) is 18.9 Å². The molecule has 10 heteroatoms. The average Bonchev–Trinajstić information content (AvgIpc) is 3.44. The van der Waals surface area contributed by atoms with Crippen molar-refractivity contribution < 1.29 is 13.9 Å². The van der Waals surface area contributed by atoms with Crippen molar-refractivity contribution >= 4 is 34.8 Å². The van der Waals surface area contributed by atoms with Crippen LogP contribution in [-0.2, 0) is 16.1 Å². The van der Waals surface area contributed by atoms with Gasteiger partial charge in [0.05, 0.1) is 19.0 Å². The molecule has 0 spiro atoms. The molecule has 3 heterocycles. The Labute approximate surface area is 185 Å². The summed E-state index contributed by atoms with van der Waals surface area (Å²) in [4.78, 5) is 22.4. The number of ether oxygens (including phenoxy) is 1. The first-order valence-electron chi connectivity index (χ1n) is 10.6. The Kier molecular flexibility index (Phi) is 6.90. The fourth-order valence-electron chi connectivity index (χ4n) is 3.73. The summed E-state index contributed by atoms with van der Waals surface area (Å²) in [7, 11) is 1.59. The van der Waals surface area contributed by atoms with Crippen molar-refractivity contribution in [2.45, 2.75) is 19.4 Å². The fourth-order valence-corrected chi connectivity index (χ4v) is 3.73. The van der Waals surface area contributed by atoms with Crippen LogP contribution in [0, 0.1) is 5.82 Å². The molecule has 32 heavy (non-hydrogen) atoms. The third kappa shape index (κ3) is 5.02. The van der Waals surface area contributed by atoms with E-state index in [2.05, 4.69) is 25.8 Å². The number of fused-ring (bicyclic) bond motifs is 1. The van der Waals surface area contributed by atoms with Crippen molar-refractivity contribution in [3.05, 3.63) is 48.0 Å². The Hall–Kier alpha value is -3.53. The monoisotopic (exact) mass is 439 g/mol. The van der Waals surface area contributed by atoms with Gasteiger partial charge in [-0.3, -0.25) is 4.79 Å². The van der Waals surface area contributed by atoms with E-state index in [1.54, 1.807) is 13.3 Å². The predicted molar refractivity (Wildman–Crippen MR) is 121 cm³/mol. The lowest BCUT2D eigenvalue weighted by molar-refractivity contribution is -0.121. The van der Waals surface area contributed by atoms with Crippen molar-refractivity contribution in [3.8, 4) is 0 Å². The maximum absolute atomic E-state index is 14.1. The number of anilines is 2. The molecule has 2 aromatic heterocycles. The molecule has 1 aliphatic rings. The second-order valence-corrected chi connectivity index (χ2v) is 7.50. The number of nitrogens with zero attached hydrogens (tertiary/aromatic N) is 5. The Morgan fingerprint density at radius 1 is 1.31 bits per heavy atom. The summed E-state index contributed by atoms with van der Waals surface area (Å²) in [5, 5.41) is 8.02. The number of rotatable bonds is 9. The topological polar surface area (TPSA) is 96.7 Å². The van der Waals surface area contributed by atoms with Crippen LogP contribution in [0.4, 0.5) is 16.2 Å². The van der Waals surface area contributed by atoms with Crippen LogP contribution >= 0.6 is 0 Å². The first-order valence-corrected chi connectivity index (χ1v) is 10.6. The van der Waals surface area contributed by atoms with Gasteiger partial charge in [-0.15, -0.1) is 0 Å². The lowest BCUT2D eigenvalue weighted by Crippen LogP contribution is -2.30. The lowest BCUT2D eigenvalue weighted by atomic mass is 10.2. The summed E-state index contributed by atoms with van der Waals surface area (Å²) in [6.45, 7) is 2.69. The van der Waals surface area contributed by atoms with Crippen LogP contribution < -0.4 is 15.6 Å². The minimum absolute atomic E-state index is 0.0985. The lowest BCUT2D eigenvalue weighted by Gasteiger charge is -2.16. The van der Waals surface area contributed by atoms with Crippen LogP contribution in [0.15, 0.2) is 41.8 Å². The smallest absolute Gasteiger partial charge is 0.245 e. The normalized spacial score (nSPS) is 13.9. The molecular weight excluding hydrogens is 413 g/mol. The van der Waals surface area contributed by atoms with E-state index in [4.69, 9.17) is 4.74 Å². The van der Waals surface area contributed by atoms with E-state index in [-0.39, 0.29) is 18.4 Å². The molecule has 168 valence electrons. The van der Waals surface area contributed by atoms with Gasteiger partial charge < -0.3 is 19.5 Å². The Balaban J connectivity index is 1.48. The molecule has 0 saturated carbocycles. The Morgan fingerprint density at radius 3 is 2.94 bits per heavy atom. The highest BCUT2D eigenvalue weighted by molar-refractivity contribution is 6.00. The molecule has 0 atom stereocenters. The third-order valence-corrected chi connectivity index (χ3v) is 5.26. The van der Waals surface area contributed by atoms with Gasteiger partial charge in [0.15, 0.2) is 11.6 Å². The van der Waals surface area contributed by atoms with E-state index in [0.717, 1.165) is 48.6 Å². The molecule has 0 bridgehead atoms. The highest BCUT2D eigenvalue weighted by Gasteiger charge is 2.18. The van der Waals surface area contributed by atoms with Crippen molar-refractivity contribution in [1.82, 2.24) is 19.9 Å². The Morgan fingerprint density at radius 2 is 2.12 bits per heavy atom. The molecule has 1 aromatic carbocycles. The summed E-state index contributed by atoms with van der Waals surface area (Å²) in [5.41, 5.74) is 4.54. The van der Waals surface area contributed by atoms with E-state index >= 15 is 0 Å². The number of hydrazone groups is 1. The number of hydrogen-bond donors (Lipinski definition) is 2. The van der Waals surface area contributed by atoms with E-state index in [1.807, 2.05) is 39.9 Å². The SMILES string of the molecule is COCCNC(=O)Cn1cc(/C=N/Nc2ncc(F)c(N3CCCC3)n2)c2ccccc21. The number of halogens is 1. The summed E-state index contributed by atoms with van der Waals surface area (Å²) < 4.78 is 20.9. The molecule has 2 N–H and O–H groups in total. The standard InChI is InChI=1S/C22H26FN7O2/c1-32-11-8-24-20(31)15-30-14-16(17-6-2-3-7-19(17)30)12-26-28-22-25-13-18(23)21(27-22)29-9-4-5-10-29/h2-3,6-7,12-14H,4-5,8-11,15H2,1H3,(H,24,31)(H,25,27,28)/b26-12+. The number of amides is 1. The van der Waals surface area contributed by atoms with Gasteiger partial charge in [-0.1, -0.05) is 18.2 Å². The number of methoxy groups -OCH3 is 1. The van der Waals surface area contributed by atoms with Gasteiger partial charge in [0, 0.05) is 49.4 Å². The van der Waals surface area contributed by atoms with Crippen molar-refractivity contribution in [2.24, 2.45) is 5.10 Å². The van der Waals surface area contributed by atoms with E-state index < -0.39 is 5.82 Å². The van der Waals surface area contributed by atoms with Crippen molar-refractivity contribution in [3.63, 3.8) is 0 Å². The molecule has 3 aromatic rings. The van der Waals surface area contributed by atoms with Gasteiger partial charge in [-0.2, -0.15) is 10.1 Å². The van der Waals surface area contributed by atoms with Crippen molar-refractivity contribution in [1.29, 1.82) is 0 Å². The minimum atomic E-state index is -0.437. The molecule has 1 aliphatic heterocycles. The number of para-hydroxylation sites is 1. The van der Waals surface area contributed by atoms with Crippen LogP contribution in [0.1, 0.15) is 18.4 Å². The molecule has 9 nitrogen and oxygen atoms in total. The maximum Gasteiger partial charge on any atom is 0.245 e. The number of aromatic nitrogens is 3. The number of hydrogen-bond acceptors (Lipinski definition) is 7. The average molecular weight is 439 g/mol. The third-order valence-electron chi connectivity index (χ3n) is 5.26. The first kappa shape index (κ1) is 21.7.